The topological polar surface area (TPSA) is 126 Å². The number of carbonyl (C=O) groups is 2. The molecule has 0 saturated heterocycles. The molecule has 0 unspecified atom stereocenters. The molecule has 1 aromatic rings. The van der Waals surface area contributed by atoms with Crippen LogP contribution in [-0.2, 0) is 22.6 Å². The molecule has 0 aliphatic carbocycles. The van der Waals surface area contributed by atoms with Crippen LogP contribution in [0.25, 0.3) is 0 Å². The van der Waals surface area contributed by atoms with Gasteiger partial charge in [0.25, 0.3) is 5.91 Å². The van der Waals surface area contributed by atoms with Crippen LogP contribution in [0.5, 0.6) is 0 Å². The Labute approximate surface area is 185 Å². The van der Waals surface area contributed by atoms with Gasteiger partial charge in [-0.25, -0.2) is 0 Å². The second kappa shape index (κ2) is 12.1. The summed E-state index contributed by atoms with van der Waals surface area (Å²) in [7, 11) is 1.56. The molecule has 1 aliphatic heterocycles. The number of fused-ring (bicyclic) bond motifs is 1. The number of amides is 2. The van der Waals surface area contributed by atoms with Crippen LogP contribution >= 0.6 is 0 Å². The largest absolute Gasteiger partial charge is 0.385 e. The lowest BCUT2D eigenvalue weighted by Gasteiger charge is -2.28. The molecule has 2 amide bonds. The Hall–Kier alpha value is -2.87. The third kappa shape index (κ3) is 8.05. The summed E-state index contributed by atoms with van der Waals surface area (Å²) >= 11 is 0. The number of nitrogens with one attached hydrogen (secondary N) is 2. The lowest BCUT2D eigenvalue weighted by molar-refractivity contribution is -0.121. The summed E-state index contributed by atoms with van der Waals surface area (Å²) in [6.07, 6.45) is 4.01. The maximum absolute atomic E-state index is 12.4. The molecule has 6 N–H and O–H groups in total. The number of nitrogens with two attached hydrogens (primary N) is 2. The van der Waals surface area contributed by atoms with Crippen LogP contribution in [-0.4, -0.2) is 55.1 Å². The van der Waals surface area contributed by atoms with Crippen LogP contribution in [0.2, 0.25) is 0 Å². The highest BCUT2D eigenvalue weighted by molar-refractivity contribution is 6.43. The molecular weight excluding hydrogens is 392 g/mol. The molecule has 1 aliphatic rings. The van der Waals surface area contributed by atoms with Crippen LogP contribution < -0.4 is 22.1 Å². The highest BCUT2D eigenvalue weighted by atomic mass is 16.2. The van der Waals surface area contributed by atoms with Crippen LogP contribution in [0, 0.1) is 5.92 Å². The van der Waals surface area contributed by atoms with E-state index in [1.165, 1.54) is 17.2 Å². The van der Waals surface area contributed by atoms with Crippen molar-refractivity contribution in [1.82, 2.24) is 15.5 Å². The number of benzene rings is 1. The number of hydrogen-bond acceptors (Lipinski definition) is 6. The minimum atomic E-state index is -0.347. The number of primary amides is 1. The Bertz CT molecular complexity index is 820. The first-order valence-electron chi connectivity index (χ1n) is 10.9. The van der Waals surface area contributed by atoms with Crippen molar-refractivity contribution in [3.63, 3.8) is 0 Å². The molecular formula is C23H36N6O2. The summed E-state index contributed by atoms with van der Waals surface area (Å²) in [5.74, 6) is -0.534. The van der Waals surface area contributed by atoms with Crippen molar-refractivity contribution in [2.45, 2.75) is 45.7 Å². The highest BCUT2D eigenvalue weighted by Crippen LogP contribution is 2.18. The van der Waals surface area contributed by atoms with E-state index in [1.807, 2.05) is 6.92 Å². The maximum atomic E-state index is 12.4. The zero-order chi connectivity index (χ0) is 22.8. The van der Waals surface area contributed by atoms with Crippen molar-refractivity contribution < 1.29 is 9.59 Å². The van der Waals surface area contributed by atoms with E-state index in [4.69, 9.17) is 11.5 Å². The average molecular weight is 429 g/mol. The molecule has 0 saturated carbocycles. The summed E-state index contributed by atoms with van der Waals surface area (Å²) < 4.78 is 0. The van der Waals surface area contributed by atoms with Gasteiger partial charge in [-0.2, -0.15) is 0 Å². The van der Waals surface area contributed by atoms with Crippen molar-refractivity contribution in [3.8, 4) is 0 Å². The third-order valence-corrected chi connectivity index (χ3v) is 5.52. The minimum absolute atomic E-state index is 0.0606. The Morgan fingerprint density at radius 2 is 1.94 bits per heavy atom. The van der Waals surface area contributed by atoms with Gasteiger partial charge in [-0.1, -0.05) is 31.2 Å². The molecule has 8 heteroatoms. The molecule has 0 radical (unpaired) electrons. The second-order valence-electron chi connectivity index (χ2n) is 8.20. The SMILES string of the molecule is C/N=C(\C=C(/N)N[C@H](C)C[C@H](C)C(N)=O)C(=O)NCCCN1CCc2ccccc2C1. The van der Waals surface area contributed by atoms with E-state index in [0.29, 0.717) is 18.8 Å². The monoisotopic (exact) mass is 428 g/mol. The van der Waals surface area contributed by atoms with Gasteiger partial charge in [-0.15, -0.1) is 0 Å². The molecule has 8 nitrogen and oxygen atoms in total. The molecule has 170 valence electrons. The van der Waals surface area contributed by atoms with Crippen LogP contribution in [0.3, 0.4) is 0 Å². The van der Waals surface area contributed by atoms with Crippen LogP contribution in [0.4, 0.5) is 0 Å². The van der Waals surface area contributed by atoms with Gasteiger partial charge in [0.1, 0.15) is 5.71 Å². The van der Waals surface area contributed by atoms with Gasteiger partial charge in [-0.05, 0) is 37.3 Å². The van der Waals surface area contributed by atoms with Crippen LogP contribution in [0.1, 0.15) is 37.8 Å². The van der Waals surface area contributed by atoms with E-state index in [1.54, 1.807) is 14.0 Å². The molecule has 0 spiro atoms. The first-order valence-corrected chi connectivity index (χ1v) is 10.9. The Kier molecular flexibility index (Phi) is 9.52. The standard InChI is InChI=1S/C23H36N6O2/c1-16(22(25)30)13-17(2)28-21(24)14-20(26-3)23(31)27-10-6-11-29-12-9-18-7-4-5-8-19(18)15-29/h4-5,7-8,14,16-17,28H,6,9-13,15,24H2,1-3H3,(H2,25,30)(H,27,31)/b21-14+,26-20+/t16-,17+/m0/s1. The summed E-state index contributed by atoms with van der Waals surface area (Å²) in [6.45, 7) is 7.19. The van der Waals surface area contributed by atoms with Gasteiger partial charge in [-0.3, -0.25) is 19.5 Å². The predicted molar refractivity (Wildman–Crippen MR) is 124 cm³/mol. The van der Waals surface area contributed by atoms with Crippen LogP contribution in [0.15, 0.2) is 41.2 Å². The molecule has 1 heterocycles. The highest BCUT2D eigenvalue weighted by Gasteiger charge is 2.16. The number of carbonyl (C=O) groups excluding carboxylic acids is 2. The predicted octanol–water partition coefficient (Wildman–Crippen LogP) is 0.912. The van der Waals surface area contributed by atoms with E-state index in [0.717, 1.165) is 32.5 Å². The molecule has 0 fully saturated rings. The smallest absolute Gasteiger partial charge is 0.269 e. The van der Waals surface area contributed by atoms with E-state index in [-0.39, 0.29) is 29.5 Å². The fourth-order valence-electron chi connectivity index (χ4n) is 3.75. The van der Waals surface area contributed by atoms with Gasteiger partial charge < -0.3 is 22.1 Å². The van der Waals surface area contributed by atoms with E-state index < -0.39 is 0 Å². The fourth-order valence-corrected chi connectivity index (χ4v) is 3.75. The molecule has 0 bridgehead atoms. The van der Waals surface area contributed by atoms with Crippen molar-refractivity contribution in [2.24, 2.45) is 22.4 Å². The number of aliphatic imine (C=N–C) groups is 1. The van der Waals surface area contributed by atoms with E-state index >= 15 is 0 Å². The van der Waals surface area contributed by atoms with E-state index in [2.05, 4.69) is 44.8 Å². The molecule has 0 aromatic heterocycles. The normalized spacial score (nSPS) is 16.9. The number of rotatable bonds is 11. The quantitative estimate of drug-likeness (QED) is 0.308. The summed E-state index contributed by atoms with van der Waals surface area (Å²) in [6, 6.07) is 8.51. The van der Waals surface area contributed by atoms with Gasteiger partial charge in [0.15, 0.2) is 0 Å². The van der Waals surface area contributed by atoms with Crippen molar-refractivity contribution in [1.29, 1.82) is 0 Å². The third-order valence-electron chi connectivity index (χ3n) is 5.52. The molecule has 2 rings (SSSR count). The first-order chi connectivity index (χ1) is 14.8. The van der Waals surface area contributed by atoms with Gasteiger partial charge in [0.2, 0.25) is 5.91 Å². The number of nitrogens with zero attached hydrogens (tertiary/aromatic N) is 2. The molecule has 1 aromatic carbocycles. The van der Waals surface area contributed by atoms with Gasteiger partial charge >= 0.3 is 0 Å². The zero-order valence-corrected chi connectivity index (χ0v) is 18.9. The van der Waals surface area contributed by atoms with Crippen molar-refractivity contribution >= 4 is 17.5 Å². The van der Waals surface area contributed by atoms with Gasteiger partial charge in [0, 0.05) is 51.3 Å². The first kappa shape index (κ1) is 24.4. The maximum Gasteiger partial charge on any atom is 0.269 e. The van der Waals surface area contributed by atoms with Crippen molar-refractivity contribution in [2.75, 3.05) is 26.7 Å². The van der Waals surface area contributed by atoms with Crippen molar-refractivity contribution in [3.05, 3.63) is 47.3 Å². The van der Waals surface area contributed by atoms with Gasteiger partial charge in [0.05, 0.1) is 5.82 Å². The molecule has 31 heavy (non-hydrogen) atoms. The fraction of sp³-hybridized carbons (Fsp3) is 0.522. The Morgan fingerprint density at radius 3 is 2.61 bits per heavy atom. The van der Waals surface area contributed by atoms with E-state index in [9.17, 15) is 9.59 Å². The lowest BCUT2D eigenvalue weighted by atomic mass is 10.00. The number of hydrogen-bond donors (Lipinski definition) is 4. The molecule has 2 atom stereocenters. The summed E-state index contributed by atoms with van der Waals surface area (Å²) in [4.78, 5) is 30.1. The Balaban J connectivity index is 1.73. The lowest BCUT2D eigenvalue weighted by Crippen LogP contribution is -2.37. The average Bonchev–Trinajstić information content (AvgIpc) is 2.74. The Morgan fingerprint density at radius 1 is 1.23 bits per heavy atom. The summed E-state index contributed by atoms with van der Waals surface area (Å²) in [5, 5.41) is 5.98. The summed E-state index contributed by atoms with van der Waals surface area (Å²) in [5.41, 5.74) is 14.4. The zero-order valence-electron chi connectivity index (χ0n) is 18.9. The second-order valence-corrected chi connectivity index (χ2v) is 8.20. The minimum Gasteiger partial charge on any atom is -0.385 e.